The lowest BCUT2D eigenvalue weighted by atomic mass is 9.52. The minimum Gasteiger partial charge on any atom is -0.393 e. The fourth-order valence-electron chi connectivity index (χ4n) is 9.66. The Kier molecular flexibility index (Phi) is 4.07. The van der Waals surface area contributed by atoms with Crippen LogP contribution in [0.15, 0.2) is 12.1 Å². The first-order valence-electron chi connectivity index (χ1n) is 13.1. The van der Waals surface area contributed by atoms with Crippen molar-refractivity contribution in [2.45, 2.75) is 94.9 Å². The van der Waals surface area contributed by atoms with Gasteiger partial charge in [0.1, 0.15) is 11.5 Å². The van der Waals surface area contributed by atoms with Crippen molar-refractivity contribution in [1.29, 1.82) is 0 Å². The van der Waals surface area contributed by atoms with Gasteiger partial charge in [-0.25, -0.2) is 0 Å². The zero-order valence-corrected chi connectivity index (χ0v) is 19.8. The van der Waals surface area contributed by atoms with Crippen LogP contribution >= 0.6 is 0 Å². The molecule has 1 N–H and O–H groups in total. The Bertz CT molecular complexity index is 1000. The zero-order chi connectivity index (χ0) is 22.0. The van der Waals surface area contributed by atoms with Gasteiger partial charge in [0.2, 0.25) is 0 Å². The Labute approximate surface area is 191 Å². The first kappa shape index (κ1) is 20.2. The Hall–Kier alpha value is -1.23. The van der Waals surface area contributed by atoms with E-state index in [1.165, 1.54) is 41.6 Å². The summed E-state index contributed by atoms with van der Waals surface area (Å²) in [6, 6.07) is 5.39. The maximum Gasteiger partial charge on any atom is 0.148 e. The first-order chi connectivity index (χ1) is 15.4. The number of methoxy groups -OCH3 is 1. The van der Waals surface area contributed by atoms with Crippen molar-refractivity contribution in [3.05, 3.63) is 34.4 Å². The maximum absolute atomic E-state index is 13.3. The number of carbonyl (C=O) groups is 1. The molecule has 9 atom stereocenters. The lowest BCUT2D eigenvalue weighted by Crippen LogP contribution is -2.55. The van der Waals surface area contributed by atoms with Gasteiger partial charge in [0.15, 0.2) is 0 Å². The predicted octanol–water partition coefficient (Wildman–Crippen LogP) is 4.48. The largest absolute Gasteiger partial charge is 0.393 e. The summed E-state index contributed by atoms with van der Waals surface area (Å²) in [5.74, 6) is 2.57. The highest BCUT2D eigenvalue weighted by molar-refractivity contribution is 5.84. The first-order valence-corrected chi connectivity index (χ1v) is 13.1. The van der Waals surface area contributed by atoms with Crippen LogP contribution in [-0.2, 0) is 21.7 Å². The molecule has 3 aliphatic carbocycles. The molecular formula is C28H37NO3. The molecule has 4 fully saturated rings. The average Bonchev–Trinajstić information content (AvgIpc) is 3.32. The minimum atomic E-state index is -0.301. The number of aliphatic hydroxyl groups excluding tert-OH is 1. The molecule has 172 valence electrons. The van der Waals surface area contributed by atoms with Gasteiger partial charge in [0, 0.05) is 37.6 Å². The van der Waals surface area contributed by atoms with Gasteiger partial charge < -0.3 is 9.84 Å². The van der Waals surface area contributed by atoms with Gasteiger partial charge in [-0.1, -0.05) is 26.0 Å². The van der Waals surface area contributed by atoms with Crippen molar-refractivity contribution in [2.24, 2.45) is 23.2 Å². The van der Waals surface area contributed by atoms with Gasteiger partial charge in [-0.2, -0.15) is 0 Å². The molecule has 4 heteroatoms. The predicted molar refractivity (Wildman–Crippen MR) is 122 cm³/mol. The molecule has 6 aliphatic rings. The highest BCUT2D eigenvalue weighted by Gasteiger charge is 2.61. The Morgan fingerprint density at radius 2 is 1.97 bits per heavy atom. The van der Waals surface area contributed by atoms with E-state index in [-0.39, 0.29) is 23.2 Å². The number of Topliss-reactive ketones (excluding diaryl/α,β-unsaturated/α-hetero) is 1. The molecule has 1 aromatic rings. The number of piperidine rings is 1. The van der Waals surface area contributed by atoms with Gasteiger partial charge in [0.25, 0.3) is 0 Å². The second kappa shape index (κ2) is 6.46. The third kappa shape index (κ3) is 2.27. The van der Waals surface area contributed by atoms with Crippen molar-refractivity contribution in [3.8, 4) is 0 Å². The fourth-order valence-corrected chi connectivity index (χ4v) is 9.66. The Balaban J connectivity index is 1.39. The van der Waals surface area contributed by atoms with Crippen molar-refractivity contribution in [2.75, 3.05) is 13.7 Å². The van der Waals surface area contributed by atoms with E-state index in [0.717, 1.165) is 31.6 Å². The highest BCUT2D eigenvalue weighted by Crippen LogP contribution is 2.64. The van der Waals surface area contributed by atoms with Gasteiger partial charge in [-0.3, -0.25) is 9.69 Å². The van der Waals surface area contributed by atoms with Crippen LogP contribution in [0, 0.1) is 23.2 Å². The molecule has 0 radical (unpaired) electrons. The van der Waals surface area contributed by atoms with Crippen LogP contribution in [0.2, 0.25) is 0 Å². The second-order valence-electron chi connectivity index (χ2n) is 12.3. The van der Waals surface area contributed by atoms with E-state index in [2.05, 4.69) is 30.9 Å². The third-order valence-corrected chi connectivity index (χ3v) is 11.2. The SMILES string of the molecule is CO[C@@]12C[C@@H]3CC[C@@H]([C@H](C)c4ccc5c(c41)C[C@H]1[C@H]5CC(=O)[C@H]4C[C@@H](O)CC[C@@]41C)N2C3. The van der Waals surface area contributed by atoms with Crippen LogP contribution in [0.1, 0.15) is 92.9 Å². The number of hydrogen-bond donors (Lipinski definition) is 1. The Morgan fingerprint density at radius 3 is 2.78 bits per heavy atom. The van der Waals surface area contributed by atoms with E-state index in [1.54, 1.807) is 0 Å². The summed E-state index contributed by atoms with van der Waals surface area (Å²) in [5.41, 5.74) is 5.72. The molecule has 0 aromatic heterocycles. The number of aliphatic hydroxyl groups is 1. The zero-order valence-electron chi connectivity index (χ0n) is 19.8. The van der Waals surface area contributed by atoms with Crippen molar-refractivity contribution < 1.29 is 14.6 Å². The van der Waals surface area contributed by atoms with E-state index < -0.39 is 0 Å². The summed E-state index contributed by atoms with van der Waals surface area (Å²) in [6.07, 6.45) is 7.67. The number of rotatable bonds is 1. The lowest BCUT2D eigenvalue weighted by molar-refractivity contribution is -0.149. The van der Waals surface area contributed by atoms with E-state index in [4.69, 9.17) is 4.74 Å². The van der Waals surface area contributed by atoms with Crippen molar-refractivity contribution >= 4 is 5.78 Å². The molecule has 7 rings (SSSR count). The summed E-state index contributed by atoms with van der Waals surface area (Å²) in [6.45, 7) is 5.97. The monoisotopic (exact) mass is 435 g/mol. The summed E-state index contributed by atoms with van der Waals surface area (Å²) < 4.78 is 6.53. The van der Waals surface area contributed by atoms with Gasteiger partial charge >= 0.3 is 0 Å². The number of carbonyl (C=O) groups excluding carboxylic acids is 1. The maximum atomic E-state index is 13.3. The van der Waals surface area contributed by atoms with E-state index in [0.29, 0.717) is 42.4 Å². The summed E-state index contributed by atoms with van der Waals surface area (Å²) in [7, 11) is 1.93. The summed E-state index contributed by atoms with van der Waals surface area (Å²) in [5, 5.41) is 10.3. The summed E-state index contributed by atoms with van der Waals surface area (Å²) >= 11 is 0. The van der Waals surface area contributed by atoms with Crippen molar-refractivity contribution in [3.63, 3.8) is 0 Å². The molecule has 2 saturated heterocycles. The number of fused-ring (bicyclic) bond motifs is 9. The second-order valence-corrected chi connectivity index (χ2v) is 12.3. The molecular weight excluding hydrogens is 398 g/mol. The van der Waals surface area contributed by atoms with E-state index in [1.807, 2.05) is 7.11 Å². The molecule has 0 spiro atoms. The van der Waals surface area contributed by atoms with Gasteiger partial charge in [-0.05, 0) is 90.7 Å². The van der Waals surface area contributed by atoms with Crippen LogP contribution in [0.3, 0.4) is 0 Å². The standard InChI is InChI=1S/C28H37NO3/c1-15-18-5-6-19-20-12-25(31)23-10-17(30)8-9-27(23,2)22(20)11-21(19)26(18)28(32-3)13-16-4-7-24(15)29(28)14-16/h5-6,15-17,20,22-24,30H,4,7-14H2,1-3H3/t15-,16+,17+,20+,22+,23-,24+,27-,28+/m1/s1. The molecule has 1 aromatic carbocycles. The smallest absolute Gasteiger partial charge is 0.148 e. The van der Waals surface area contributed by atoms with Crippen LogP contribution < -0.4 is 0 Å². The molecule has 0 amide bonds. The molecule has 32 heavy (non-hydrogen) atoms. The van der Waals surface area contributed by atoms with E-state index in [9.17, 15) is 9.90 Å². The molecule has 2 bridgehead atoms. The topological polar surface area (TPSA) is 49.8 Å². The van der Waals surface area contributed by atoms with Crippen LogP contribution in [0.25, 0.3) is 0 Å². The molecule has 4 nitrogen and oxygen atoms in total. The highest BCUT2D eigenvalue weighted by atomic mass is 16.5. The number of hydrogen-bond acceptors (Lipinski definition) is 4. The number of benzene rings is 1. The van der Waals surface area contributed by atoms with Gasteiger partial charge in [0.05, 0.1) is 6.10 Å². The quantitative estimate of drug-likeness (QED) is 0.706. The third-order valence-electron chi connectivity index (χ3n) is 11.2. The molecule has 3 heterocycles. The van der Waals surface area contributed by atoms with E-state index >= 15 is 0 Å². The number of nitrogens with zero attached hydrogens (tertiary/aromatic N) is 1. The molecule has 0 unspecified atom stereocenters. The number of ketones is 1. The average molecular weight is 436 g/mol. The summed E-state index contributed by atoms with van der Waals surface area (Å²) in [4.78, 5) is 16.0. The lowest BCUT2D eigenvalue weighted by Gasteiger charge is -2.52. The normalized spacial score (nSPS) is 48.8. The minimum absolute atomic E-state index is 0.0139. The van der Waals surface area contributed by atoms with Crippen LogP contribution in [0.4, 0.5) is 0 Å². The van der Waals surface area contributed by atoms with Gasteiger partial charge in [-0.15, -0.1) is 0 Å². The molecule has 3 aliphatic heterocycles. The van der Waals surface area contributed by atoms with Crippen molar-refractivity contribution in [1.82, 2.24) is 4.90 Å². The van der Waals surface area contributed by atoms with Crippen LogP contribution in [0.5, 0.6) is 0 Å². The Morgan fingerprint density at radius 1 is 1.16 bits per heavy atom. The fraction of sp³-hybridized carbons (Fsp3) is 0.750. The molecule has 2 saturated carbocycles. The number of ether oxygens (including phenoxy) is 1. The van der Waals surface area contributed by atoms with Crippen LogP contribution in [-0.4, -0.2) is 41.6 Å².